The average Bonchev–Trinajstić information content (AvgIpc) is 3.23. The first-order valence-corrected chi connectivity index (χ1v) is 10.7. The quantitative estimate of drug-likeness (QED) is 0.640. The van der Waals surface area contributed by atoms with Gasteiger partial charge in [-0.2, -0.15) is 0 Å². The van der Waals surface area contributed by atoms with E-state index in [1.165, 1.54) is 19.3 Å². The van der Waals surface area contributed by atoms with E-state index < -0.39 is 5.91 Å². The predicted octanol–water partition coefficient (Wildman–Crippen LogP) is 2.97. The summed E-state index contributed by atoms with van der Waals surface area (Å²) < 4.78 is 2.00. The molecule has 2 aliphatic rings. The van der Waals surface area contributed by atoms with E-state index in [1.807, 2.05) is 30.0 Å². The summed E-state index contributed by atoms with van der Waals surface area (Å²) in [6.07, 6.45) is 17.8. The Kier molecular flexibility index (Phi) is 7.25. The van der Waals surface area contributed by atoms with Crippen LogP contribution in [0.25, 0.3) is 0 Å². The van der Waals surface area contributed by atoms with Crippen molar-refractivity contribution in [1.29, 1.82) is 0 Å². The summed E-state index contributed by atoms with van der Waals surface area (Å²) in [6.45, 7) is 5.91. The third-order valence-electron chi connectivity index (χ3n) is 5.61. The van der Waals surface area contributed by atoms with Gasteiger partial charge in [0.15, 0.2) is 0 Å². The highest BCUT2D eigenvalue weighted by Gasteiger charge is 2.44. The van der Waals surface area contributed by atoms with Crippen LogP contribution in [0, 0.1) is 0 Å². The van der Waals surface area contributed by atoms with Crippen LogP contribution in [0.2, 0.25) is 0 Å². The zero-order valence-corrected chi connectivity index (χ0v) is 17.2. The molecule has 7 nitrogen and oxygen atoms in total. The van der Waals surface area contributed by atoms with Crippen molar-refractivity contribution >= 4 is 12.1 Å². The van der Waals surface area contributed by atoms with E-state index >= 15 is 0 Å². The van der Waals surface area contributed by atoms with Gasteiger partial charge in [-0.3, -0.25) is 9.36 Å². The van der Waals surface area contributed by atoms with Crippen LogP contribution >= 0.6 is 0 Å². The molecule has 154 valence electrons. The Bertz CT molecular complexity index is 683. The van der Waals surface area contributed by atoms with E-state index in [4.69, 9.17) is 4.99 Å². The molecular weight excluding hydrogens is 352 g/mol. The van der Waals surface area contributed by atoms with Gasteiger partial charge < -0.3 is 10.6 Å². The number of carbonyl (C=O) groups excluding carboxylic acids is 1. The number of likely N-dealkylation sites (tertiary alicyclic amines) is 1. The highest BCUT2D eigenvalue weighted by molar-refractivity contribution is 5.76. The van der Waals surface area contributed by atoms with Crippen LogP contribution in [0.1, 0.15) is 65.2 Å². The Labute approximate surface area is 168 Å². The number of amides is 1. The number of imidazole rings is 1. The minimum atomic E-state index is -0.748. The Morgan fingerprint density at radius 1 is 1.36 bits per heavy atom. The Morgan fingerprint density at radius 3 is 3.00 bits per heavy atom. The maximum Gasteiger partial charge on any atom is 0.276 e. The van der Waals surface area contributed by atoms with Crippen molar-refractivity contribution in [3.63, 3.8) is 0 Å². The van der Waals surface area contributed by atoms with Crippen molar-refractivity contribution in [2.24, 2.45) is 4.99 Å². The molecule has 2 unspecified atom stereocenters. The lowest BCUT2D eigenvalue weighted by Gasteiger charge is -2.48. The molecule has 7 heteroatoms. The normalized spacial score (nSPS) is 25.2. The molecule has 0 bridgehead atoms. The Hall–Kier alpha value is -2.15. The van der Waals surface area contributed by atoms with E-state index in [1.54, 1.807) is 12.5 Å². The number of aromatic nitrogens is 2. The molecular formula is C21H34N6O. The van der Waals surface area contributed by atoms with E-state index in [0.29, 0.717) is 6.42 Å². The highest BCUT2D eigenvalue weighted by atomic mass is 16.1. The van der Waals surface area contributed by atoms with Crippen LogP contribution in [0.5, 0.6) is 0 Å². The second-order valence-electron chi connectivity index (χ2n) is 7.82. The number of unbranched alkanes of at least 4 members (excludes halogenated alkanes) is 3. The molecule has 1 aromatic heterocycles. The molecule has 3 heterocycles. The SMILES string of the molecule is CCCCCCNC(=O)CC1CCCCN1C1(n2ccnc2)N=CC=C(C)N1. The Balaban J connectivity index is 1.70. The van der Waals surface area contributed by atoms with Crippen molar-refractivity contribution in [3.8, 4) is 0 Å². The number of nitrogens with one attached hydrogen (secondary N) is 2. The molecule has 2 N–H and O–H groups in total. The summed E-state index contributed by atoms with van der Waals surface area (Å²) in [4.78, 5) is 24.0. The van der Waals surface area contributed by atoms with Gasteiger partial charge >= 0.3 is 0 Å². The van der Waals surface area contributed by atoms with Gasteiger partial charge in [0, 0.05) is 49.9 Å². The van der Waals surface area contributed by atoms with Gasteiger partial charge in [-0.05, 0) is 32.3 Å². The largest absolute Gasteiger partial charge is 0.356 e. The summed E-state index contributed by atoms with van der Waals surface area (Å²) in [5.41, 5.74) is 1.05. The van der Waals surface area contributed by atoms with Gasteiger partial charge in [-0.15, -0.1) is 0 Å². The smallest absolute Gasteiger partial charge is 0.276 e. The third-order valence-corrected chi connectivity index (χ3v) is 5.61. The van der Waals surface area contributed by atoms with Gasteiger partial charge in [0.05, 0.1) is 6.33 Å². The number of piperidine rings is 1. The van der Waals surface area contributed by atoms with Crippen LogP contribution in [0.3, 0.4) is 0 Å². The highest BCUT2D eigenvalue weighted by Crippen LogP contribution is 2.32. The van der Waals surface area contributed by atoms with Crippen molar-refractivity contribution in [2.45, 2.75) is 77.2 Å². The second-order valence-corrected chi connectivity index (χ2v) is 7.82. The number of aliphatic imine (C=N–C) groups is 1. The van der Waals surface area contributed by atoms with Crippen LogP contribution < -0.4 is 10.6 Å². The summed E-state index contributed by atoms with van der Waals surface area (Å²) >= 11 is 0. The summed E-state index contributed by atoms with van der Waals surface area (Å²) in [5, 5.41) is 6.67. The molecule has 0 radical (unpaired) electrons. The van der Waals surface area contributed by atoms with Crippen molar-refractivity contribution in [2.75, 3.05) is 13.1 Å². The van der Waals surface area contributed by atoms with E-state index in [0.717, 1.165) is 44.5 Å². The van der Waals surface area contributed by atoms with Gasteiger partial charge in [-0.1, -0.05) is 32.6 Å². The Morgan fingerprint density at radius 2 is 2.25 bits per heavy atom. The third kappa shape index (κ3) is 4.82. The first-order valence-electron chi connectivity index (χ1n) is 10.7. The molecule has 2 aliphatic heterocycles. The number of allylic oxidation sites excluding steroid dienone is 2. The van der Waals surface area contributed by atoms with E-state index in [-0.39, 0.29) is 11.9 Å². The molecule has 1 aromatic rings. The molecule has 1 saturated heterocycles. The lowest BCUT2D eigenvalue weighted by atomic mass is 9.98. The van der Waals surface area contributed by atoms with Gasteiger partial charge in [0.25, 0.3) is 5.91 Å². The summed E-state index contributed by atoms with van der Waals surface area (Å²) in [5.74, 6) is -0.608. The fraction of sp³-hybridized carbons (Fsp3) is 0.667. The van der Waals surface area contributed by atoms with Gasteiger partial charge in [-0.25, -0.2) is 14.9 Å². The van der Waals surface area contributed by atoms with Crippen LogP contribution in [-0.2, 0) is 10.7 Å². The van der Waals surface area contributed by atoms with E-state index in [2.05, 4.69) is 27.4 Å². The van der Waals surface area contributed by atoms with Crippen LogP contribution in [-0.4, -0.2) is 45.7 Å². The number of nitrogens with zero attached hydrogens (tertiary/aromatic N) is 4. The lowest BCUT2D eigenvalue weighted by Crippen LogP contribution is -2.63. The fourth-order valence-electron chi connectivity index (χ4n) is 4.15. The summed E-state index contributed by atoms with van der Waals surface area (Å²) in [6, 6.07) is 0.141. The molecule has 1 fully saturated rings. The molecule has 0 aliphatic carbocycles. The van der Waals surface area contributed by atoms with Crippen LogP contribution in [0.4, 0.5) is 0 Å². The average molecular weight is 387 g/mol. The number of rotatable bonds is 9. The molecule has 1 amide bonds. The molecule has 3 rings (SSSR count). The zero-order valence-electron chi connectivity index (χ0n) is 17.2. The predicted molar refractivity (Wildman–Crippen MR) is 112 cm³/mol. The van der Waals surface area contributed by atoms with Gasteiger partial charge in [0.2, 0.25) is 5.91 Å². The molecule has 0 saturated carbocycles. The lowest BCUT2D eigenvalue weighted by molar-refractivity contribution is -0.125. The first kappa shape index (κ1) is 20.6. The fourth-order valence-corrected chi connectivity index (χ4v) is 4.15. The summed E-state index contributed by atoms with van der Waals surface area (Å²) in [7, 11) is 0. The van der Waals surface area contributed by atoms with Gasteiger partial charge in [0.1, 0.15) is 0 Å². The number of hydrogen-bond acceptors (Lipinski definition) is 5. The minimum Gasteiger partial charge on any atom is -0.356 e. The maximum atomic E-state index is 12.6. The number of carbonyl (C=O) groups is 1. The minimum absolute atomic E-state index is 0.140. The van der Waals surface area contributed by atoms with Crippen molar-refractivity contribution in [3.05, 3.63) is 30.5 Å². The molecule has 28 heavy (non-hydrogen) atoms. The maximum absolute atomic E-state index is 12.6. The molecule has 0 spiro atoms. The second kappa shape index (κ2) is 9.87. The molecule has 0 aromatic carbocycles. The monoisotopic (exact) mass is 386 g/mol. The first-order chi connectivity index (χ1) is 13.7. The number of hydrogen-bond donors (Lipinski definition) is 2. The van der Waals surface area contributed by atoms with Crippen LogP contribution in [0.15, 0.2) is 35.5 Å². The standard InChI is InChI=1S/C21H34N6O/c1-3-4-5-7-11-23-20(28)16-19-9-6-8-14-27(19)21(26-15-13-22-17-26)24-12-10-18(2)25-21/h10,12-13,15,17,19,25H,3-9,11,14,16H2,1-2H3,(H,23,28). The van der Waals surface area contributed by atoms with Crippen molar-refractivity contribution < 1.29 is 4.79 Å². The zero-order chi connectivity index (χ0) is 19.8. The molecule has 2 atom stereocenters. The van der Waals surface area contributed by atoms with E-state index in [9.17, 15) is 4.79 Å². The van der Waals surface area contributed by atoms with Crippen molar-refractivity contribution in [1.82, 2.24) is 25.1 Å². The topological polar surface area (TPSA) is 74.5 Å².